The predicted molar refractivity (Wildman–Crippen MR) is 72.0 cm³/mol. The quantitative estimate of drug-likeness (QED) is 0.353. The third-order valence-electron chi connectivity index (χ3n) is 2.60. The molecule has 0 aromatic heterocycles. The van der Waals surface area contributed by atoms with Crippen LogP contribution in [0, 0.1) is 5.92 Å². The maximum atomic E-state index is 11.1. The van der Waals surface area contributed by atoms with Crippen molar-refractivity contribution in [3.63, 3.8) is 0 Å². The zero-order valence-electron chi connectivity index (χ0n) is 11.8. The van der Waals surface area contributed by atoms with E-state index in [1.165, 1.54) is 12.8 Å². The Balaban J connectivity index is 3.35. The van der Waals surface area contributed by atoms with Crippen LogP contribution in [0.4, 0.5) is 0 Å². The van der Waals surface area contributed by atoms with Crippen LogP contribution >= 0.6 is 0 Å². The molecule has 17 heavy (non-hydrogen) atoms. The first-order chi connectivity index (χ1) is 7.93. The van der Waals surface area contributed by atoms with Crippen molar-refractivity contribution < 1.29 is 9.53 Å². The predicted octanol–water partition coefficient (Wildman–Crippen LogP) is 2.86. The van der Waals surface area contributed by atoms with Gasteiger partial charge in [-0.3, -0.25) is 0 Å². The second kappa shape index (κ2) is 9.23. The lowest BCUT2D eigenvalue weighted by Gasteiger charge is -2.16. The molecule has 0 saturated carbocycles. The number of nitrogens with zero attached hydrogens (tertiary/aromatic N) is 1. The van der Waals surface area contributed by atoms with Gasteiger partial charge in [0.25, 0.3) is 0 Å². The van der Waals surface area contributed by atoms with Gasteiger partial charge in [0, 0.05) is 12.1 Å². The summed E-state index contributed by atoms with van der Waals surface area (Å²) in [6.07, 6.45) is 4.53. The van der Waals surface area contributed by atoms with E-state index in [2.05, 4.69) is 32.5 Å². The monoisotopic (exact) mass is 241 g/mol. The first kappa shape index (κ1) is 16.2. The van der Waals surface area contributed by atoms with Crippen molar-refractivity contribution in [1.82, 2.24) is 4.90 Å². The second-order valence-corrected chi connectivity index (χ2v) is 5.13. The molecule has 0 radical (unpaired) electrons. The molecule has 0 aromatic carbocycles. The highest BCUT2D eigenvalue weighted by Gasteiger charge is 2.04. The van der Waals surface area contributed by atoms with Crippen LogP contribution < -0.4 is 0 Å². The van der Waals surface area contributed by atoms with E-state index < -0.39 is 0 Å². The first-order valence-electron chi connectivity index (χ1n) is 6.40. The van der Waals surface area contributed by atoms with Crippen molar-refractivity contribution in [1.29, 1.82) is 0 Å². The van der Waals surface area contributed by atoms with E-state index in [1.807, 2.05) is 0 Å². The number of carbonyl (C=O) groups excluding carboxylic acids is 1. The fourth-order valence-corrected chi connectivity index (χ4v) is 1.77. The zero-order chi connectivity index (χ0) is 13.3. The molecule has 0 spiro atoms. The Bertz CT molecular complexity index is 236. The van der Waals surface area contributed by atoms with Crippen LogP contribution in [0.2, 0.25) is 0 Å². The van der Waals surface area contributed by atoms with Crippen LogP contribution in [0.3, 0.4) is 0 Å². The smallest absolute Gasteiger partial charge is 0.333 e. The summed E-state index contributed by atoms with van der Waals surface area (Å²) in [5.41, 5.74) is 0.476. The molecule has 0 fully saturated rings. The summed E-state index contributed by atoms with van der Waals surface area (Å²) in [5, 5.41) is 0. The number of rotatable bonds is 9. The van der Waals surface area contributed by atoms with Crippen LogP contribution in [-0.4, -0.2) is 38.1 Å². The SMILES string of the molecule is C=C(C)C(=O)OCCCCCC(C)CN(C)C. The van der Waals surface area contributed by atoms with Crippen LogP contribution in [-0.2, 0) is 9.53 Å². The van der Waals surface area contributed by atoms with Gasteiger partial charge in [-0.15, -0.1) is 0 Å². The Morgan fingerprint density at radius 1 is 1.29 bits per heavy atom. The number of ether oxygens (including phenoxy) is 1. The van der Waals surface area contributed by atoms with Crippen molar-refractivity contribution in [3.8, 4) is 0 Å². The minimum absolute atomic E-state index is 0.272. The van der Waals surface area contributed by atoms with Gasteiger partial charge in [-0.05, 0) is 39.8 Å². The maximum Gasteiger partial charge on any atom is 0.333 e. The number of unbranched alkanes of at least 4 members (excludes halogenated alkanes) is 2. The van der Waals surface area contributed by atoms with Crippen LogP contribution in [0.5, 0.6) is 0 Å². The average Bonchev–Trinajstić information content (AvgIpc) is 2.21. The van der Waals surface area contributed by atoms with Crippen LogP contribution in [0.15, 0.2) is 12.2 Å². The molecule has 0 aromatic rings. The highest BCUT2D eigenvalue weighted by Crippen LogP contribution is 2.10. The van der Waals surface area contributed by atoms with E-state index in [0.29, 0.717) is 12.2 Å². The van der Waals surface area contributed by atoms with Gasteiger partial charge in [0.15, 0.2) is 0 Å². The Kier molecular flexibility index (Phi) is 8.78. The number of carbonyl (C=O) groups is 1. The summed E-state index contributed by atoms with van der Waals surface area (Å²) in [5.74, 6) is 0.467. The second-order valence-electron chi connectivity index (χ2n) is 5.13. The van der Waals surface area contributed by atoms with Gasteiger partial charge in [-0.25, -0.2) is 4.79 Å². The third-order valence-corrected chi connectivity index (χ3v) is 2.60. The van der Waals surface area contributed by atoms with E-state index in [0.717, 1.165) is 25.3 Å². The van der Waals surface area contributed by atoms with Gasteiger partial charge in [0.1, 0.15) is 0 Å². The molecule has 0 aliphatic rings. The number of esters is 1. The molecule has 0 bridgehead atoms. The Morgan fingerprint density at radius 3 is 2.47 bits per heavy atom. The molecule has 0 N–H and O–H groups in total. The molecule has 0 aliphatic heterocycles. The molecule has 100 valence electrons. The van der Waals surface area contributed by atoms with Gasteiger partial charge in [-0.2, -0.15) is 0 Å². The lowest BCUT2D eigenvalue weighted by atomic mass is 10.0. The Morgan fingerprint density at radius 2 is 1.94 bits per heavy atom. The molecule has 3 nitrogen and oxygen atoms in total. The highest BCUT2D eigenvalue weighted by molar-refractivity contribution is 5.86. The largest absolute Gasteiger partial charge is 0.462 e. The van der Waals surface area contributed by atoms with Gasteiger partial charge in [-0.1, -0.05) is 26.3 Å². The summed E-state index contributed by atoms with van der Waals surface area (Å²) >= 11 is 0. The molecule has 1 atom stereocenters. The summed E-state index contributed by atoms with van der Waals surface area (Å²) in [6.45, 7) is 9.16. The van der Waals surface area contributed by atoms with E-state index >= 15 is 0 Å². The van der Waals surface area contributed by atoms with Crippen LogP contribution in [0.1, 0.15) is 39.5 Å². The van der Waals surface area contributed by atoms with E-state index in [4.69, 9.17) is 4.74 Å². The summed E-state index contributed by atoms with van der Waals surface area (Å²) in [4.78, 5) is 13.3. The third kappa shape index (κ3) is 10.1. The average molecular weight is 241 g/mol. The minimum atomic E-state index is -0.272. The molecule has 3 heteroatoms. The molecule has 0 aliphatic carbocycles. The molecule has 0 rings (SSSR count). The van der Waals surface area contributed by atoms with E-state index in [1.54, 1.807) is 6.92 Å². The summed E-state index contributed by atoms with van der Waals surface area (Å²) in [7, 11) is 4.21. The fourth-order valence-electron chi connectivity index (χ4n) is 1.77. The van der Waals surface area contributed by atoms with Gasteiger partial charge in [0.05, 0.1) is 6.61 Å². The van der Waals surface area contributed by atoms with E-state index in [-0.39, 0.29) is 5.97 Å². The number of hydrogen-bond acceptors (Lipinski definition) is 3. The maximum absolute atomic E-state index is 11.1. The van der Waals surface area contributed by atoms with Gasteiger partial charge < -0.3 is 9.64 Å². The molecule has 0 amide bonds. The lowest BCUT2D eigenvalue weighted by molar-refractivity contribution is -0.139. The fraction of sp³-hybridized carbons (Fsp3) is 0.786. The summed E-state index contributed by atoms with van der Waals surface area (Å²) in [6, 6.07) is 0. The lowest BCUT2D eigenvalue weighted by Crippen LogP contribution is -2.19. The van der Waals surface area contributed by atoms with Crippen molar-refractivity contribution in [2.24, 2.45) is 5.92 Å². The topological polar surface area (TPSA) is 29.5 Å². The summed E-state index contributed by atoms with van der Waals surface area (Å²) < 4.78 is 5.03. The Hall–Kier alpha value is -0.830. The Labute approximate surface area is 106 Å². The van der Waals surface area contributed by atoms with Crippen molar-refractivity contribution >= 4 is 5.97 Å². The highest BCUT2D eigenvalue weighted by atomic mass is 16.5. The van der Waals surface area contributed by atoms with Crippen molar-refractivity contribution in [2.75, 3.05) is 27.2 Å². The molecule has 0 saturated heterocycles. The zero-order valence-corrected chi connectivity index (χ0v) is 11.8. The standard InChI is InChI=1S/C14H27NO2/c1-12(2)14(16)17-10-8-6-7-9-13(3)11-15(4)5/h13H,1,6-11H2,2-5H3. The number of hydrogen-bond donors (Lipinski definition) is 0. The molecular formula is C14H27NO2. The normalized spacial score (nSPS) is 12.5. The van der Waals surface area contributed by atoms with Gasteiger partial charge in [0.2, 0.25) is 0 Å². The molecule has 0 heterocycles. The molecule has 1 unspecified atom stereocenters. The van der Waals surface area contributed by atoms with Gasteiger partial charge >= 0.3 is 5.97 Å². The first-order valence-corrected chi connectivity index (χ1v) is 6.40. The van der Waals surface area contributed by atoms with E-state index in [9.17, 15) is 4.79 Å². The minimum Gasteiger partial charge on any atom is -0.462 e. The van der Waals surface area contributed by atoms with Crippen molar-refractivity contribution in [2.45, 2.75) is 39.5 Å². The van der Waals surface area contributed by atoms with Crippen molar-refractivity contribution in [3.05, 3.63) is 12.2 Å². The van der Waals surface area contributed by atoms with Crippen LogP contribution in [0.25, 0.3) is 0 Å². The molecular weight excluding hydrogens is 214 g/mol.